The molecule has 3 rings (SSSR count). The highest BCUT2D eigenvalue weighted by atomic mass is 32.2. The zero-order valence-corrected chi connectivity index (χ0v) is 11.2. The van der Waals surface area contributed by atoms with Crippen molar-refractivity contribution < 1.29 is 9.55 Å². The second-order valence-electron chi connectivity index (χ2n) is 4.04. The number of benzene rings is 2. The minimum atomic E-state index is -0.525. The van der Waals surface area contributed by atoms with Crippen LogP contribution in [0.1, 0.15) is 5.56 Å². The fourth-order valence-electron chi connectivity index (χ4n) is 1.78. The maximum absolute atomic E-state index is 10.9. The van der Waals surface area contributed by atoms with Gasteiger partial charge in [0, 0.05) is 15.9 Å². The monoisotopic (exact) mass is 298 g/mol. The van der Waals surface area contributed by atoms with Gasteiger partial charge < -0.3 is 0 Å². The van der Waals surface area contributed by atoms with E-state index in [4.69, 9.17) is 5.26 Å². The van der Waals surface area contributed by atoms with Crippen molar-refractivity contribution in [3.8, 4) is 6.07 Å². The SMILES string of the molecule is N#Cc1ccc(Sc2ccc([N+](=O)[O-])c3nonc23)cc1. The van der Waals surface area contributed by atoms with Gasteiger partial charge in [-0.15, -0.1) is 0 Å². The predicted octanol–water partition coefficient (Wildman–Crippen LogP) is 3.15. The molecule has 8 heteroatoms. The van der Waals surface area contributed by atoms with Crippen LogP contribution in [0.25, 0.3) is 11.0 Å². The molecule has 102 valence electrons. The maximum Gasteiger partial charge on any atom is 0.300 e. The number of nitrogens with zero attached hydrogens (tertiary/aromatic N) is 4. The maximum atomic E-state index is 10.9. The number of nitro groups is 1. The van der Waals surface area contributed by atoms with Crippen molar-refractivity contribution in [3.05, 3.63) is 52.1 Å². The summed E-state index contributed by atoms with van der Waals surface area (Å²) >= 11 is 1.37. The van der Waals surface area contributed by atoms with Gasteiger partial charge in [0.1, 0.15) is 0 Å². The molecule has 0 bridgehead atoms. The van der Waals surface area contributed by atoms with Crippen LogP contribution in [0.2, 0.25) is 0 Å². The molecule has 0 radical (unpaired) electrons. The van der Waals surface area contributed by atoms with E-state index < -0.39 is 4.92 Å². The first-order valence-corrected chi connectivity index (χ1v) is 6.58. The molecule has 0 atom stereocenters. The van der Waals surface area contributed by atoms with Gasteiger partial charge in [-0.25, -0.2) is 4.63 Å². The molecule has 0 saturated carbocycles. The highest BCUT2D eigenvalue weighted by Gasteiger charge is 2.19. The molecule has 21 heavy (non-hydrogen) atoms. The smallest absolute Gasteiger partial charge is 0.258 e. The van der Waals surface area contributed by atoms with Gasteiger partial charge in [-0.2, -0.15) is 5.26 Å². The van der Waals surface area contributed by atoms with Gasteiger partial charge in [0.05, 0.1) is 16.6 Å². The molecule has 1 aromatic heterocycles. The molecular formula is C13H6N4O3S. The zero-order chi connectivity index (χ0) is 14.8. The molecule has 0 aliphatic rings. The van der Waals surface area contributed by atoms with Crippen LogP contribution in [0.5, 0.6) is 0 Å². The van der Waals surface area contributed by atoms with Crippen molar-refractivity contribution in [1.29, 1.82) is 5.26 Å². The van der Waals surface area contributed by atoms with Crippen molar-refractivity contribution >= 4 is 28.5 Å². The predicted molar refractivity (Wildman–Crippen MR) is 73.7 cm³/mol. The molecule has 0 aliphatic carbocycles. The molecule has 0 amide bonds. The van der Waals surface area contributed by atoms with E-state index in [0.717, 1.165) is 4.90 Å². The molecule has 0 spiro atoms. The molecule has 3 aromatic rings. The average Bonchev–Trinajstić information content (AvgIpc) is 2.98. The summed E-state index contributed by atoms with van der Waals surface area (Å²) in [6.45, 7) is 0. The third-order valence-corrected chi connectivity index (χ3v) is 3.82. The van der Waals surface area contributed by atoms with Gasteiger partial charge in [-0.1, -0.05) is 11.8 Å². The number of aromatic nitrogens is 2. The van der Waals surface area contributed by atoms with Crippen LogP contribution in [0, 0.1) is 21.4 Å². The van der Waals surface area contributed by atoms with Crippen LogP contribution in [0.3, 0.4) is 0 Å². The highest BCUT2D eigenvalue weighted by molar-refractivity contribution is 7.99. The first-order valence-electron chi connectivity index (χ1n) is 5.77. The van der Waals surface area contributed by atoms with Gasteiger partial charge in [-0.05, 0) is 40.6 Å². The number of rotatable bonds is 3. The summed E-state index contributed by atoms with van der Waals surface area (Å²) in [5, 5.41) is 27.0. The Labute approximate surface area is 122 Å². The van der Waals surface area contributed by atoms with Crippen molar-refractivity contribution in [2.75, 3.05) is 0 Å². The third kappa shape index (κ3) is 2.42. The quantitative estimate of drug-likeness (QED) is 0.540. The van der Waals surface area contributed by atoms with Gasteiger partial charge in [0.25, 0.3) is 0 Å². The number of nitriles is 1. The Morgan fingerprint density at radius 2 is 1.86 bits per heavy atom. The van der Waals surface area contributed by atoms with E-state index in [9.17, 15) is 10.1 Å². The highest BCUT2D eigenvalue weighted by Crippen LogP contribution is 2.35. The first kappa shape index (κ1) is 13.1. The molecule has 0 saturated heterocycles. The van der Waals surface area contributed by atoms with Gasteiger partial charge in [0.15, 0.2) is 5.52 Å². The summed E-state index contributed by atoms with van der Waals surface area (Å²) in [6, 6.07) is 12.0. The fourth-order valence-corrected chi connectivity index (χ4v) is 2.68. The van der Waals surface area contributed by atoms with Gasteiger partial charge in [-0.3, -0.25) is 10.1 Å². The molecular weight excluding hydrogens is 292 g/mol. The second-order valence-corrected chi connectivity index (χ2v) is 5.15. The fraction of sp³-hybridized carbons (Fsp3) is 0. The van der Waals surface area contributed by atoms with Crippen LogP contribution in [0.15, 0.2) is 50.8 Å². The van der Waals surface area contributed by atoms with Crippen LogP contribution in [-0.2, 0) is 0 Å². The first-order chi connectivity index (χ1) is 10.2. The number of hydrogen-bond acceptors (Lipinski definition) is 7. The van der Waals surface area contributed by atoms with E-state index in [1.807, 2.05) is 6.07 Å². The van der Waals surface area contributed by atoms with E-state index in [2.05, 4.69) is 14.9 Å². The van der Waals surface area contributed by atoms with Crippen molar-refractivity contribution in [1.82, 2.24) is 10.3 Å². The van der Waals surface area contributed by atoms with E-state index in [-0.39, 0.29) is 11.2 Å². The lowest BCUT2D eigenvalue weighted by atomic mass is 10.2. The molecule has 0 aliphatic heterocycles. The lowest BCUT2D eigenvalue weighted by Gasteiger charge is -2.02. The summed E-state index contributed by atoms with van der Waals surface area (Å²) in [6.07, 6.45) is 0. The van der Waals surface area contributed by atoms with Gasteiger partial charge >= 0.3 is 5.69 Å². The Morgan fingerprint density at radius 1 is 1.14 bits per heavy atom. The van der Waals surface area contributed by atoms with E-state index in [0.29, 0.717) is 16.0 Å². The van der Waals surface area contributed by atoms with E-state index >= 15 is 0 Å². The van der Waals surface area contributed by atoms with Crippen molar-refractivity contribution in [2.45, 2.75) is 9.79 Å². The minimum Gasteiger partial charge on any atom is -0.258 e. The van der Waals surface area contributed by atoms with Gasteiger partial charge in [0.2, 0.25) is 5.52 Å². The molecule has 2 aromatic carbocycles. The number of fused-ring (bicyclic) bond motifs is 1. The summed E-state index contributed by atoms with van der Waals surface area (Å²) in [7, 11) is 0. The number of nitro benzene ring substituents is 1. The van der Waals surface area contributed by atoms with E-state index in [1.165, 1.54) is 17.8 Å². The van der Waals surface area contributed by atoms with Crippen molar-refractivity contribution in [3.63, 3.8) is 0 Å². The molecule has 1 heterocycles. The zero-order valence-electron chi connectivity index (χ0n) is 10.4. The largest absolute Gasteiger partial charge is 0.300 e. The van der Waals surface area contributed by atoms with Crippen molar-refractivity contribution in [2.24, 2.45) is 0 Å². The van der Waals surface area contributed by atoms with Crippen LogP contribution < -0.4 is 0 Å². The third-order valence-electron chi connectivity index (χ3n) is 2.77. The van der Waals surface area contributed by atoms with Crippen LogP contribution in [-0.4, -0.2) is 15.2 Å². The summed E-state index contributed by atoms with van der Waals surface area (Å²) in [5.41, 5.74) is 0.893. The Balaban J connectivity index is 2.01. The second kappa shape index (κ2) is 5.22. The Hall–Kier alpha value is -2.92. The molecule has 0 N–H and O–H groups in total. The lowest BCUT2D eigenvalue weighted by Crippen LogP contribution is -1.90. The Bertz CT molecular complexity index is 867. The van der Waals surface area contributed by atoms with Crippen LogP contribution >= 0.6 is 11.8 Å². The Morgan fingerprint density at radius 3 is 2.52 bits per heavy atom. The molecule has 0 unspecified atom stereocenters. The molecule has 7 nitrogen and oxygen atoms in total. The number of non-ortho nitro benzene ring substituents is 1. The summed E-state index contributed by atoms with van der Waals surface area (Å²) in [4.78, 5) is 12.0. The minimum absolute atomic E-state index is 0.124. The van der Waals surface area contributed by atoms with E-state index in [1.54, 1.807) is 30.3 Å². The Kier molecular flexibility index (Phi) is 3.25. The number of hydrogen-bond donors (Lipinski definition) is 0. The standard InChI is InChI=1S/C13H6N4O3S/c14-7-8-1-3-9(4-2-8)21-11-6-5-10(17(18)19)12-13(11)16-20-15-12/h1-6H. The molecule has 0 fully saturated rings. The lowest BCUT2D eigenvalue weighted by molar-refractivity contribution is -0.383. The topological polar surface area (TPSA) is 106 Å². The summed E-state index contributed by atoms with van der Waals surface area (Å²) < 4.78 is 4.61. The van der Waals surface area contributed by atoms with Crippen LogP contribution in [0.4, 0.5) is 5.69 Å². The average molecular weight is 298 g/mol. The summed E-state index contributed by atoms with van der Waals surface area (Å²) in [5.74, 6) is 0. The normalized spacial score (nSPS) is 10.4.